The molecule has 1 amide bonds. The molecule has 2 aliphatic carbocycles. The first-order chi connectivity index (χ1) is 8.04. The van der Waals surface area contributed by atoms with Crippen LogP contribution in [0.15, 0.2) is 0 Å². The first kappa shape index (κ1) is 13.3. The van der Waals surface area contributed by atoms with Crippen molar-refractivity contribution < 1.29 is 4.79 Å². The van der Waals surface area contributed by atoms with Crippen LogP contribution in [0.1, 0.15) is 52.4 Å². The molecule has 0 aliphatic heterocycles. The molecule has 1 N–H and O–H groups in total. The molecule has 0 heterocycles. The Morgan fingerprint density at radius 1 is 1.35 bits per heavy atom. The molecule has 2 saturated carbocycles. The Bertz CT molecular complexity index is 288. The van der Waals surface area contributed by atoms with E-state index in [1.54, 1.807) is 0 Å². The summed E-state index contributed by atoms with van der Waals surface area (Å²) in [4.78, 5) is 12.0. The van der Waals surface area contributed by atoms with Crippen LogP contribution in [-0.2, 0) is 4.79 Å². The van der Waals surface area contributed by atoms with Crippen LogP contribution in [0.3, 0.4) is 0 Å². The number of thiol groups is 1. The first-order valence-corrected chi connectivity index (χ1v) is 7.58. The molecule has 0 spiro atoms. The summed E-state index contributed by atoms with van der Waals surface area (Å²) in [6, 6.07) is 0.411. The van der Waals surface area contributed by atoms with Crippen molar-refractivity contribution in [3.63, 3.8) is 0 Å². The molecule has 2 nitrogen and oxygen atoms in total. The number of hydrogen-bond donors (Lipinski definition) is 2. The fourth-order valence-electron chi connectivity index (χ4n) is 3.05. The number of carbonyl (C=O) groups is 1. The van der Waals surface area contributed by atoms with Crippen LogP contribution in [-0.4, -0.2) is 17.7 Å². The average Bonchev–Trinajstić information content (AvgIpc) is 3.03. The highest BCUT2D eigenvalue weighted by molar-refractivity contribution is 7.80. The average molecular weight is 255 g/mol. The molecule has 0 aromatic carbocycles. The quantitative estimate of drug-likeness (QED) is 0.743. The zero-order valence-electron chi connectivity index (χ0n) is 11.0. The van der Waals surface area contributed by atoms with Crippen LogP contribution in [0.2, 0.25) is 0 Å². The summed E-state index contributed by atoms with van der Waals surface area (Å²) in [6.45, 7) is 4.58. The van der Waals surface area contributed by atoms with E-state index in [0.717, 1.165) is 18.1 Å². The van der Waals surface area contributed by atoms with Crippen molar-refractivity contribution in [3.05, 3.63) is 0 Å². The molecule has 0 aromatic heterocycles. The van der Waals surface area contributed by atoms with Gasteiger partial charge in [-0.2, -0.15) is 12.6 Å². The minimum absolute atomic E-state index is 0.248. The van der Waals surface area contributed by atoms with E-state index in [4.69, 9.17) is 0 Å². The molecular weight excluding hydrogens is 230 g/mol. The Kier molecular flexibility index (Phi) is 4.06. The molecule has 98 valence electrons. The van der Waals surface area contributed by atoms with Crippen molar-refractivity contribution in [1.29, 1.82) is 0 Å². The number of carbonyl (C=O) groups excluding carboxylic acids is 1. The second-order valence-corrected chi connectivity index (χ2v) is 6.72. The smallest absolute Gasteiger partial charge is 0.220 e. The largest absolute Gasteiger partial charge is 0.353 e. The van der Waals surface area contributed by atoms with Crippen LogP contribution in [0, 0.1) is 17.3 Å². The Hall–Kier alpha value is -0.180. The van der Waals surface area contributed by atoms with Crippen LogP contribution in [0.4, 0.5) is 0 Å². The van der Waals surface area contributed by atoms with E-state index < -0.39 is 0 Å². The molecule has 0 saturated heterocycles. The van der Waals surface area contributed by atoms with E-state index >= 15 is 0 Å². The Labute approximate surface area is 110 Å². The summed E-state index contributed by atoms with van der Waals surface area (Å²) in [5, 5.41) is 3.25. The van der Waals surface area contributed by atoms with Gasteiger partial charge in [-0.25, -0.2) is 0 Å². The standard InChI is InChI=1S/C14H25NOS/c1-10-3-4-12(11(2)7-10)15-13(16)8-14(9-17)5-6-14/h10-12,17H,3-9H2,1-2H3,(H,15,16). The first-order valence-electron chi connectivity index (χ1n) is 6.95. The van der Waals surface area contributed by atoms with Gasteiger partial charge in [0.25, 0.3) is 0 Å². The number of amides is 1. The van der Waals surface area contributed by atoms with Gasteiger partial charge in [-0.3, -0.25) is 4.79 Å². The normalized spacial score (nSPS) is 35.4. The van der Waals surface area contributed by atoms with Gasteiger partial charge in [0, 0.05) is 12.5 Å². The number of rotatable bonds is 4. The molecule has 3 heteroatoms. The summed E-state index contributed by atoms with van der Waals surface area (Å²) in [6.07, 6.45) is 6.72. The minimum Gasteiger partial charge on any atom is -0.353 e. The molecule has 2 aliphatic rings. The molecule has 17 heavy (non-hydrogen) atoms. The van der Waals surface area contributed by atoms with Gasteiger partial charge in [0.05, 0.1) is 0 Å². The Morgan fingerprint density at radius 3 is 2.59 bits per heavy atom. The van der Waals surface area contributed by atoms with Crippen LogP contribution >= 0.6 is 12.6 Å². The summed E-state index contributed by atoms with van der Waals surface area (Å²) in [5.41, 5.74) is 0.248. The second kappa shape index (κ2) is 5.21. The zero-order chi connectivity index (χ0) is 12.5. The topological polar surface area (TPSA) is 29.1 Å². The summed E-state index contributed by atoms with van der Waals surface area (Å²) < 4.78 is 0. The SMILES string of the molecule is CC1CCC(NC(=O)CC2(CS)CC2)C(C)C1. The van der Waals surface area contributed by atoms with Gasteiger partial charge < -0.3 is 5.32 Å². The third-order valence-corrected chi connectivity index (χ3v) is 5.28. The van der Waals surface area contributed by atoms with Gasteiger partial charge >= 0.3 is 0 Å². The maximum absolute atomic E-state index is 12.0. The monoisotopic (exact) mass is 255 g/mol. The summed E-state index contributed by atoms with van der Waals surface area (Å²) in [7, 11) is 0. The highest BCUT2D eigenvalue weighted by atomic mass is 32.1. The van der Waals surface area contributed by atoms with Crippen molar-refractivity contribution in [2.24, 2.45) is 17.3 Å². The lowest BCUT2D eigenvalue weighted by Gasteiger charge is -2.33. The minimum atomic E-state index is 0.248. The van der Waals surface area contributed by atoms with E-state index in [1.165, 1.54) is 25.7 Å². The van der Waals surface area contributed by atoms with E-state index in [1.807, 2.05) is 0 Å². The Morgan fingerprint density at radius 2 is 2.06 bits per heavy atom. The van der Waals surface area contributed by atoms with Crippen LogP contribution < -0.4 is 5.32 Å². The Balaban J connectivity index is 1.78. The van der Waals surface area contributed by atoms with Crippen LogP contribution in [0.25, 0.3) is 0 Å². The van der Waals surface area contributed by atoms with E-state index in [2.05, 4.69) is 31.8 Å². The molecule has 3 unspecified atom stereocenters. The lowest BCUT2D eigenvalue weighted by molar-refractivity contribution is -0.123. The van der Waals surface area contributed by atoms with E-state index in [9.17, 15) is 4.79 Å². The molecule has 2 fully saturated rings. The van der Waals surface area contributed by atoms with Gasteiger partial charge in [0.15, 0.2) is 0 Å². The van der Waals surface area contributed by atoms with Crippen molar-refractivity contribution in [2.45, 2.75) is 58.4 Å². The third-order valence-electron chi connectivity index (χ3n) is 4.61. The fraction of sp³-hybridized carbons (Fsp3) is 0.929. The molecule has 3 atom stereocenters. The van der Waals surface area contributed by atoms with Gasteiger partial charge in [0.1, 0.15) is 0 Å². The fourth-order valence-corrected chi connectivity index (χ4v) is 3.47. The summed E-state index contributed by atoms with van der Waals surface area (Å²) >= 11 is 4.35. The third kappa shape index (κ3) is 3.40. The lowest BCUT2D eigenvalue weighted by Crippen LogP contribution is -2.43. The molecule has 0 bridgehead atoms. The predicted octanol–water partition coefficient (Wildman–Crippen LogP) is 3.03. The maximum atomic E-state index is 12.0. The lowest BCUT2D eigenvalue weighted by atomic mass is 9.80. The molecule has 0 radical (unpaired) electrons. The second-order valence-electron chi connectivity index (χ2n) is 6.40. The maximum Gasteiger partial charge on any atom is 0.220 e. The number of nitrogens with one attached hydrogen (secondary N) is 1. The molecule has 2 rings (SSSR count). The van der Waals surface area contributed by atoms with Gasteiger partial charge in [-0.1, -0.05) is 13.8 Å². The van der Waals surface area contributed by atoms with Crippen molar-refractivity contribution in [1.82, 2.24) is 5.32 Å². The van der Waals surface area contributed by atoms with Gasteiger partial charge in [0.2, 0.25) is 5.91 Å². The van der Waals surface area contributed by atoms with Crippen LogP contribution in [0.5, 0.6) is 0 Å². The zero-order valence-corrected chi connectivity index (χ0v) is 11.9. The van der Waals surface area contributed by atoms with Crippen molar-refractivity contribution >= 4 is 18.5 Å². The van der Waals surface area contributed by atoms with Gasteiger partial charge in [-0.05, 0) is 55.1 Å². The van der Waals surface area contributed by atoms with Gasteiger partial charge in [-0.15, -0.1) is 0 Å². The molecule has 0 aromatic rings. The predicted molar refractivity (Wildman–Crippen MR) is 74.2 cm³/mol. The van der Waals surface area contributed by atoms with E-state index in [0.29, 0.717) is 18.4 Å². The summed E-state index contributed by atoms with van der Waals surface area (Å²) in [5.74, 6) is 2.57. The highest BCUT2D eigenvalue weighted by Gasteiger charge is 2.43. The highest BCUT2D eigenvalue weighted by Crippen LogP contribution is 2.49. The van der Waals surface area contributed by atoms with Crippen molar-refractivity contribution in [3.8, 4) is 0 Å². The molecular formula is C14H25NOS. The number of hydrogen-bond acceptors (Lipinski definition) is 2. The van der Waals surface area contributed by atoms with E-state index in [-0.39, 0.29) is 11.3 Å². The van der Waals surface area contributed by atoms with Crippen molar-refractivity contribution in [2.75, 3.05) is 5.75 Å².